The highest BCUT2D eigenvalue weighted by atomic mass is 16.5. The molecule has 0 spiro atoms. The molecule has 2 saturated heterocycles. The highest BCUT2D eigenvalue weighted by molar-refractivity contribution is 5.09. The molecule has 0 N–H and O–H groups in total. The second kappa shape index (κ2) is 6.88. The maximum absolute atomic E-state index is 6.14. The van der Waals surface area contributed by atoms with E-state index in [1.807, 2.05) is 18.5 Å². The molecule has 4 heteroatoms. The first-order valence-corrected chi connectivity index (χ1v) is 9.15. The number of rotatable bonds is 6. The molecule has 0 amide bonds. The average Bonchev–Trinajstić information content (AvgIpc) is 3.40. The van der Waals surface area contributed by atoms with Gasteiger partial charge in [-0.2, -0.15) is 0 Å². The molecule has 0 radical (unpaired) electrons. The molecule has 0 unspecified atom stereocenters. The van der Waals surface area contributed by atoms with Crippen LogP contribution >= 0.6 is 0 Å². The summed E-state index contributed by atoms with van der Waals surface area (Å²) in [4.78, 5) is 6.82. The van der Waals surface area contributed by atoms with Crippen molar-refractivity contribution in [2.45, 2.75) is 44.8 Å². The molecule has 1 aromatic heterocycles. The Morgan fingerprint density at radius 1 is 1.35 bits per heavy atom. The van der Waals surface area contributed by atoms with E-state index in [9.17, 15) is 0 Å². The SMILES string of the molecule is c1cncc(CN2CC[C@@H]3OCCC[C@]3(COCC3CC3)C2)c1. The van der Waals surface area contributed by atoms with Gasteiger partial charge in [0, 0.05) is 50.7 Å². The molecule has 0 aromatic carbocycles. The fraction of sp³-hybridized carbons (Fsp3) is 0.737. The summed E-state index contributed by atoms with van der Waals surface area (Å²) in [6.45, 7) is 5.96. The minimum absolute atomic E-state index is 0.202. The summed E-state index contributed by atoms with van der Waals surface area (Å²) >= 11 is 0. The van der Waals surface area contributed by atoms with Gasteiger partial charge in [-0.15, -0.1) is 0 Å². The number of piperidine rings is 1. The maximum Gasteiger partial charge on any atom is 0.0677 e. The van der Waals surface area contributed by atoms with Crippen LogP contribution in [0.15, 0.2) is 24.5 Å². The lowest BCUT2D eigenvalue weighted by atomic mass is 9.73. The van der Waals surface area contributed by atoms with Crippen LogP contribution in [0, 0.1) is 11.3 Å². The summed E-state index contributed by atoms with van der Waals surface area (Å²) in [6, 6.07) is 4.20. The van der Waals surface area contributed by atoms with Gasteiger partial charge in [-0.3, -0.25) is 9.88 Å². The normalized spacial score (nSPS) is 31.7. The number of hydrogen-bond acceptors (Lipinski definition) is 4. The lowest BCUT2D eigenvalue weighted by Crippen LogP contribution is -2.56. The zero-order valence-corrected chi connectivity index (χ0v) is 14.0. The molecule has 1 saturated carbocycles. The molecule has 23 heavy (non-hydrogen) atoms. The van der Waals surface area contributed by atoms with Crippen molar-refractivity contribution in [2.75, 3.05) is 32.9 Å². The van der Waals surface area contributed by atoms with E-state index in [-0.39, 0.29) is 5.41 Å². The highest BCUT2D eigenvalue weighted by Gasteiger charge is 2.46. The zero-order valence-electron chi connectivity index (χ0n) is 14.0. The first kappa shape index (κ1) is 15.6. The molecule has 0 bridgehead atoms. The predicted octanol–water partition coefficient (Wildman–Crippen LogP) is 2.88. The predicted molar refractivity (Wildman–Crippen MR) is 89.1 cm³/mol. The third-order valence-corrected chi connectivity index (χ3v) is 5.64. The lowest BCUT2D eigenvalue weighted by Gasteiger charge is -2.50. The molecular weight excluding hydrogens is 288 g/mol. The van der Waals surface area contributed by atoms with Gasteiger partial charge in [0.05, 0.1) is 12.7 Å². The van der Waals surface area contributed by atoms with Gasteiger partial charge in [0.25, 0.3) is 0 Å². The van der Waals surface area contributed by atoms with E-state index >= 15 is 0 Å². The van der Waals surface area contributed by atoms with Crippen molar-refractivity contribution in [3.63, 3.8) is 0 Å². The summed E-state index contributed by atoms with van der Waals surface area (Å²) in [5, 5.41) is 0. The van der Waals surface area contributed by atoms with Crippen LogP contribution < -0.4 is 0 Å². The second-order valence-corrected chi connectivity index (χ2v) is 7.64. The van der Waals surface area contributed by atoms with Crippen LogP contribution in [0.1, 0.15) is 37.7 Å². The zero-order chi connectivity index (χ0) is 15.5. The number of nitrogens with zero attached hydrogens (tertiary/aromatic N) is 2. The monoisotopic (exact) mass is 316 g/mol. The van der Waals surface area contributed by atoms with Gasteiger partial charge in [-0.25, -0.2) is 0 Å². The summed E-state index contributed by atoms with van der Waals surface area (Å²) in [5.41, 5.74) is 1.50. The van der Waals surface area contributed by atoms with Crippen molar-refractivity contribution < 1.29 is 9.47 Å². The van der Waals surface area contributed by atoms with E-state index < -0.39 is 0 Å². The van der Waals surface area contributed by atoms with Crippen LogP contribution in [0.3, 0.4) is 0 Å². The number of pyridine rings is 1. The quantitative estimate of drug-likeness (QED) is 0.808. The number of aromatic nitrogens is 1. The van der Waals surface area contributed by atoms with Gasteiger partial charge in [0.15, 0.2) is 0 Å². The molecule has 126 valence electrons. The van der Waals surface area contributed by atoms with Crippen molar-refractivity contribution in [2.24, 2.45) is 11.3 Å². The summed E-state index contributed by atoms with van der Waals surface area (Å²) < 4.78 is 12.3. The summed E-state index contributed by atoms with van der Waals surface area (Å²) in [5.74, 6) is 0.837. The topological polar surface area (TPSA) is 34.6 Å². The lowest BCUT2D eigenvalue weighted by molar-refractivity contribution is -0.154. The Bertz CT molecular complexity index is 505. The Hall–Kier alpha value is -0.970. The molecule has 4 rings (SSSR count). The third-order valence-electron chi connectivity index (χ3n) is 5.64. The van der Waals surface area contributed by atoms with Crippen LogP contribution in [-0.2, 0) is 16.0 Å². The molecular formula is C19H28N2O2. The first-order chi connectivity index (χ1) is 11.3. The molecule has 3 heterocycles. The smallest absolute Gasteiger partial charge is 0.0677 e. The van der Waals surface area contributed by atoms with Gasteiger partial charge in [-0.1, -0.05) is 6.07 Å². The fourth-order valence-corrected chi connectivity index (χ4v) is 4.19. The van der Waals surface area contributed by atoms with Crippen LogP contribution in [0.4, 0.5) is 0 Å². The van der Waals surface area contributed by atoms with Crippen molar-refractivity contribution in [1.29, 1.82) is 0 Å². The first-order valence-electron chi connectivity index (χ1n) is 9.15. The standard InChI is InChI=1S/C19H28N2O2/c1-3-17(11-20-8-1)12-21-9-6-18-19(14-21,7-2-10-23-18)15-22-13-16-4-5-16/h1,3,8,11,16,18H,2,4-7,9-10,12-15H2/t18-,19+/m0/s1. The van der Waals surface area contributed by atoms with E-state index in [1.54, 1.807) is 0 Å². The second-order valence-electron chi connectivity index (χ2n) is 7.64. The van der Waals surface area contributed by atoms with E-state index in [0.717, 1.165) is 51.8 Å². The molecule has 2 aliphatic heterocycles. The van der Waals surface area contributed by atoms with Gasteiger partial charge >= 0.3 is 0 Å². The van der Waals surface area contributed by atoms with Gasteiger partial charge in [-0.05, 0) is 49.7 Å². The number of fused-ring (bicyclic) bond motifs is 1. The highest BCUT2D eigenvalue weighted by Crippen LogP contribution is 2.41. The maximum atomic E-state index is 6.14. The van der Waals surface area contributed by atoms with Gasteiger partial charge < -0.3 is 9.47 Å². The summed E-state index contributed by atoms with van der Waals surface area (Å²) in [7, 11) is 0. The molecule has 4 nitrogen and oxygen atoms in total. The van der Waals surface area contributed by atoms with Crippen molar-refractivity contribution in [3.8, 4) is 0 Å². The number of hydrogen-bond donors (Lipinski definition) is 0. The summed E-state index contributed by atoms with van der Waals surface area (Å²) in [6.07, 6.45) is 10.5. The Morgan fingerprint density at radius 3 is 3.13 bits per heavy atom. The Balaban J connectivity index is 1.41. The minimum Gasteiger partial charge on any atom is -0.380 e. The Morgan fingerprint density at radius 2 is 2.30 bits per heavy atom. The molecule has 3 aliphatic rings. The Kier molecular flexibility index (Phi) is 4.65. The van der Waals surface area contributed by atoms with Crippen LogP contribution in [-0.4, -0.2) is 48.9 Å². The number of ether oxygens (including phenoxy) is 2. The fourth-order valence-electron chi connectivity index (χ4n) is 4.19. The van der Waals surface area contributed by atoms with E-state index in [1.165, 1.54) is 31.2 Å². The molecule has 3 fully saturated rings. The number of likely N-dealkylation sites (tertiary alicyclic amines) is 1. The third kappa shape index (κ3) is 3.76. The van der Waals surface area contributed by atoms with Crippen molar-refractivity contribution >= 4 is 0 Å². The van der Waals surface area contributed by atoms with Gasteiger partial charge in [0.1, 0.15) is 0 Å². The van der Waals surface area contributed by atoms with E-state index in [4.69, 9.17) is 9.47 Å². The van der Waals surface area contributed by atoms with E-state index in [2.05, 4.69) is 16.0 Å². The van der Waals surface area contributed by atoms with E-state index in [0.29, 0.717) is 6.10 Å². The average molecular weight is 316 g/mol. The van der Waals surface area contributed by atoms with Crippen LogP contribution in [0.2, 0.25) is 0 Å². The minimum atomic E-state index is 0.202. The van der Waals surface area contributed by atoms with Crippen molar-refractivity contribution in [3.05, 3.63) is 30.1 Å². The largest absolute Gasteiger partial charge is 0.380 e. The Labute approximate surface area is 139 Å². The van der Waals surface area contributed by atoms with Crippen LogP contribution in [0.5, 0.6) is 0 Å². The molecule has 2 atom stereocenters. The van der Waals surface area contributed by atoms with Gasteiger partial charge in [0.2, 0.25) is 0 Å². The molecule has 1 aliphatic carbocycles. The van der Waals surface area contributed by atoms with Crippen molar-refractivity contribution in [1.82, 2.24) is 9.88 Å². The molecule has 1 aromatic rings. The van der Waals surface area contributed by atoms with Crippen LogP contribution in [0.25, 0.3) is 0 Å².